The lowest BCUT2D eigenvalue weighted by molar-refractivity contribution is -0.958. The molecule has 3 atom stereocenters. The number of alkyl halides is 1. The molecule has 1 spiro atoms. The van der Waals surface area contributed by atoms with Gasteiger partial charge in [-0.25, -0.2) is 9.18 Å². The molecule has 0 aromatic heterocycles. The maximum atomic E-state index is 14.7. The van der Waals surface area contributed by atoms with E-state index in [0.29, 0.717) is 12.8 Å². The number of carbonyl (C=O) groups excluding carboxylic acids is 1. The fourth-order valence-electron chi connectivity index (χ4n) is 2.89. The Morgan fingerprint density at radius 2 is 1.94 bits per heavy atom. The molecule has 1 amide bonds. The standard InChI is InChI=1S/C11H19FNO2S/c1-9(2)6-5-7-10(3,12)11(9)15-13(4,8-14)16-11/h8H,5-7H2,1-4H3/q+1. The van der Waals surface area contributed by atoms with Crippen molar-refractivity contribution in [2.45, 2.75) is 50.6 Å². The monoisotopic (exact) mass is 248 g/mol. The van der Waals surface area contributed by atoms with E-state index >= 15 is 0 Å². The van der Waals surface area contributed by atoms with Gasteiger partial charge >= 0.3 is 6.41 Å². The average molecular weight is 248 g/mol. The van der Waals surface area contributed by atoms with Crippen LogP contribution in [0.25, 0.3) is 0 Å². The second kappa shape index (κ2) is 3.21. The SMILES string of the molecule is CC1(C)CCCC(C)(F)C12O[N+](C)(C=O)S2. The van der Waals surface area contributed by atoms with Crippen molar-refractivity contribution in [3.8, 4) is 0 Å². The van der Waals surface area contributed by atoms with Crippen LogP contribution in [0.4, 0.5) is 4.39 Å². The zero-order valence-corrected chi connectivity index (χ0v) is 11.1. The largest absolute Gasteiger partial charge is 0.345 e. The zero-order valence-electron chi connectivity index (χ0n) is 10.2. The molecule has 2 fully saturated rings. The molecule has 0 radical (unpaired) electrons. The lowest BCUT2D eigenvalue weighted by Crippen LogP contribution is -2.73. The highest BCUT2D eigenvalue weighted by Gasteiger charge is 2.77. The zero-order chi connectivity index (χ0) is 12.2. The van der Waals surface area contributed by atoms with E-state index in [9.17, 15) is 9.18 Å². The molecular weight excluding hydrogens is 229 g/mol. The van der Waals surface area contributed by atoms with Crippen LogP contribution in [0, 0.1) is 5.41 Å². The van der Waals surface area contributed by atoms with Gasteiger partial charge in [-0.2, -0.15) is 4.84 Å². The average Bonchev–Trinajstić information content (AvgIpc) is 2.09. The number of amides is 1. The summed E-state index contributed by atoms with van der Waals surface area (Å²) < 4.78 is 14.5. The van der Waals surface area contributed by atoms with Crippen molar-refractivity contribution >= 4 is 18.4 Å². The highest BCUT2D eigenvalue weighted by molar-refractivity contribution is 7.96. The summed E-state index contributed by atoms with van der Waals surface area (Å²) in [6, 6.07) is 0. The molecule has 1 aliphatic heterocycles. The first-order valence-electron chi connectivity index (χ1n) is 5.61. The van der Waals surface area contributed by atoms with Crippen LogP contribution in [0.3, 0.4) is 0 Å². The van der Waals surface area contributed by atoms with E-state index in [1.165, 1.54) is 11.9 Å². The molecule has 1 saturated carbocycles. The predicted molar refractivity (Wildman–Crippen MR) is 60.8 cm³/mol. The lowest BCUT2D eigenvalue weighted by Gasteiger charge is -2.59. The molecular formula is C11H19FNO2S+. The summed E-state index contributed by atoms with van der Waals surface area (Å²) in [5.74, 6) is 0. The summed E-state index contributed by atoms with van der Waals surface area (Å²) in [6.45, 7) is 5.63. The molecule has 1 aliphatic carbocycles. The Bertz CT molecular complexity index is 306. The van der Waals surface area contributed by atoms with E-state index in [2.05, 4.69) is 0 Å². The van der Waals surface area contributed by atoms with Gasteiger partial charge in [-0.15, -0.1) is 0 Å². The lowest BCUT2D eigenvalue weighted by atomic mass is 9.68. The van der Waals surface area contributed by atoms with E-state index < -0.39 is 10.6 Å². The molecule has 0 N–H and O–H groups in total. The minimum Gasteiger partial charge on any atom is -0.239 e. The first-order chi connectivity index (χ1) is 7.18. The molecule has 5 heteroatoms. The van der Waals surface area contributed by atoms with Crippen LogP contribution in [0.2, 0.25) is 0 Å². The number of hydrogen-bond acceptors (Lipinski definition) is 3. The molecule has 1 saturated heterocycles. The van der Waals surface area contributed by atoms with Gasteiger partial charge in [0.2, 0.25) is 0 Å². The van der Waals surface area contributed by atoms with Gasteiger partial charge in [0.1, 0.15) is 7.05 Å². The van der Waals surface area contributed by atoms with Crippen LogP contribution in [-0.4, -0.2) is 28.1 Å². The van der Waals surface area contributed by atoms with E-state index in [0.717, 1.165) is 12.8 Å². The molecule has 2 aliphatic rings. The van der Waals surface area contributed by atoms with Crippen molar-refractivity contribution < 1.29 is 18.1 Å². The summed E-state index contributed by atoms with van der Waals surface area (Å²) >= 11 is 1.29. The molecule has 1 heterocycles. The van der Waals surface area contributed by atoms with Crippen LogP contribution in [-0.2, 0) is 9.63 Å². The van der Waals surface area contributed by atoms with Gasteiger partial charge in [0.05, 0.1) is 0 Å². The minimum absolute atomic E-state index is 0.205. The van der Waals surface area contributed by atoms with Crippen LogP contribution in [0.1, 0.15) is 40.0 Å². The second-order valence-corrected chi connectivity index (χ2v) is 7.23. The first kappa shape index (κ1) is 12.3. The normalized spacial score (nSPS) is 51.1. The fraction of sp³-hybridized carbons (Fsp3) is 0.909. The van der Waals surface area contributed by atoms with Crippen LogP contribution < -0.4 is 0 Å². The highest BCUT2D eigenvalue weighted by Crippen LogP contribution is 2.67. The summed E-state index contributed by atoms with van der Waals surface area (Å²) in [4.78, 5) is 15.7. The van der Waals surface area contributed by atoms with Crippen molar-refractivity contribution in [3.63, 3.8) is 0 Å². The number of hydroxylamine groups is 2. The topological polar surface area (TPSA) is 26.3 Å². The summed E-state index contributed by atoms with van der Waals surface area (Å²) in [5.41, 5.74) is -1.62. The third kappa shape index (κ3) is 1.38. The summed E-state index contributed by atoms with van der Waals surface area (Å²) in [7, 11) is 1.64. The van der Waals surface area contributed by atoms with Gasteiger partial charge in [-0.3, -0.25) is 0 Å². The molecule has 0 aromatic rings. The number of halogens is 1. The third-order valence-electron chi connectivity index (χ3n) is 3.84. The maximum Gasteiger partial charge on any atom is 0.345 e. The van der Waals surface area contributed by atoms with E-state index in [1.807, 2.05) is 13.8 Å². The number of nitrogens with zero attached hydrogens (tertiary/aromatic N) is 1. The molecule has 92 valence electrons. The number of hydrogen-bond donors (Lipinski definition) is 0. The van der Waals surface area contributed by atoms with Crippen molar-refractivity contribution in [2.24, 2.45) is 5.41 Å². The van der Waals surface area contributed by atoms with E-state index in [4.69, 9.17) is 4.84 Å². The third-order valence-corrected chi connectivity index (χ3v) is 5.67. The van der Waals surface area contributed by atoms with Crippen molar-refractivity contribution in [3.05, 3.63) is 0 Å². The first-order valence-corrected chi connectivity index (χ1v) is 6.38. The van der Waals surface area contributed by atoms with Gasteiger partial charge in [-0.05, 0) is 26.2 Å². The van der Waals surface area contributed by atoms with Gasteiger partial charge in [-0.1, -0.05) is 17.9 Å². The summed E-state index contributed by atoms with van der Waals surface area (Å²) in [5, 5.41) is 0. The number of carbonyl (C=O) groups is 1. The Hall–Kier alpha value is -0.130. The fourth-order valence-corrected chi connectivity index (χ4v) is 4.33. The summed E-state index contributed by atoms with van der Waals surface area (Å²) in [6.07, 6.45) is 3.01. The Morgan fingerprint density at radius 1 is 1.38 bits per heavy atom. The van der Waals surface area contributed by atoms with Gasteiger partial charge < -0.3 is 0 Å². The van der Waals surface area contributed by atoms with Gasteiger partial charge in [0.15, 0.2) is 17.6 Å². The molecule has 3 nitrogen and oxygen atoms in total. The molecule has 3 unspecified atom stereocenters. The highest BCUT2D eigenvalue weighted by atomic mass is 32.2. The Morgan fingerprint density at radius 3 is 2.38 bits per heavy atom. The van der Waals surface area contributed by atoms with Crippen LogP contribution in [0.5, 0.6) is 0 Å². The predicted octanol–water partition coefficient (Wildman–Crippen LogP) is 2.82. The Labute approximate surface area is 100.0 Å². The van der Waals surface area contributed by atoms with Crippen LogP contribution >= 0.6 is 11.9 Å². The van der Waals surface area contributed by atoms with Gasteiger partial charge in [0.25, 0.3) is 4.93 Å². The minimum atomic E-state index is -1.37. The Balaban J connectivity index is 2.33. The smallest absolute Gasteiger partial charge is 0.239 e. The Kier molecular flexibility index (Phi) is 2.47. The van der Waals surface area contributed by atoms with Crippen LogP contribution in [0.15, 0.2) is 0 Å². The molecule has 2 rings (SSSR count). The van der Waals surface area contributed by atoms with Crippen molar-refractivity contribution in [1.29, 1.82) is 0 Å². The second-order valence-electron chi connectivity index (χ2n) is 5.75. The van der Waals surface area contributed by atoms with Crippen molar-refractivity contribution in [1.82, 2.24) is 0 Å². The maximum absolute atomic E-state index is 14.7. The quantitative estimate of drug-likeness (QED) is 0.405. The molecule has 0 aromatic carbocycles. The van der Waals surface area contributed by atoms with Gasteiger partial charge in [0, 0.05) is 5.41 Å². The molecule has 16 heavy (non-hydrogen) atoms. The van der Waals surface area contributed by atoms with Crippen molar-refractivity contribution in [2.75, 3.05) is 7.05 Å². The molecule has 0 bridgehead atoms. The van der Waals surface area contributed by atoms with E-state index in [1.54, 1.807) is 14.0 Å². The number of quaternary nitrogens is 1. The van der Waals surface area contributed by atoms with E-state index in [-0.39, 0.29) is 9.47 Å². The number of rotatable bonds is 1.